The van der Waals surface area contributed by atoms with E-state index in [4.69, 9.17) is 0 Å². The lowest BCUT2D eigenvalue weighted by molar-refractivity contribution is 0.564. The minimum Gasteiger partial charge on any atom is -0.249 e. The van der Waals surface area contributed by atoms with Gasteiger partial charge in [0.05, 0.1) is 15.7 Å². The van der Waals surface area contributed by atoms with Gasteiger partial charge in [-0.05, 0) is 60.8 Å². The summed E-state index contributed by atoms with van der Waals surface area (Å²) in [5.41, 5.74) is 1.12. The number of pyridine rings is 1. The maximum Gasteiger partial charge on any atom is 0.106 e. The zero-order valence-corrected chi connectivity index (χ0v) is 13.8. The first-order valence-electron chi connectivity index (χ1n) is 6.14. The van der Waals surface area contributed by atoms with Crippen molar-refractivity contribution in [3.05, 3.63) is 28.5 Å². The molecule has 0 saturated carbocycles. The summed E-state index contributed by atoms with van der Waals surface area (Å²) in [6, 6.07) is 4.06. The summed E-state index contributed by atoms with van der Waals surface area (Å²) in [5, 5.41) is 0. The average molecular weight is 333 g/mol. The number of rotatable bonds is 5. The lowest BCUT2D eigenvalue weighted by Crippen LogP contribution is -2.35. The van der Waals surface area contributed by atoms with Gasteiger partial charge in [0, 0.05) is 12.2 Å². The van der Waals surface area contributed by atoms with Crippen molar-refractivity contribution in [2.75, 3.05) is 0 Å². The van der Waals surface area contributed by atoms with Gasteiger partial charge in [-0.2, -0.15) is 0 Å². The number of hydrogen-bond acceptors (Lipinski definition) is 2. The number of aromatic nitrogens is 1. The molecule has 1 aromatic rings. The maximum atomic E-state index is 12.2. The van der Waals surface area contributed by atoms with Gasteiger partial charge in [-0.25, -0.2) is 13.9 Å². The van der Waals surface area contributed by atoms with Gasteiger partial charge >= 0.3 is 0 Å². The molecule has 1 rings (SSSR count). The fourth-order valence-electron chi connectivity index (χ4n) is 1.52. The largest absolute Gasteiger partial charge is 0.249 e. The van der Waals surface area contributed by atoms with Crippen LogP contribution in [0.25, 0.3) is 0 Å². The Balaban J connectivity index is 2.87. The normalized spacial score (nSPS) is 15.4. The second-order valence-electron chi connectivity index (χ2n) is 5.25. The molecule has 0 aliphatic heterocycles. The van der Waals surface area contributed by atoms with E-state index in [9.17, 15) is 4.21 Å². The molecule has 0 unspecified atom stereocenters. The van der Waals surface area contributed by atoms with Crippen LogP contribution in [0.15, 0.2) is 22.9 Å². The molecule has 18 heavy (non-hydrogen) atoms. The molecule has 102 valence electrons. The summed E-state index contributed by atoms with van der Waals surface area (Å²) in [6.45, 7) is 8.05. The zero-order valence-electron chi connectivity index (χ0n) is 11.4. The Bertz CT molecular complexity index is 418. The van der Waals surface area contributed by atoms with Crippen LogP contribution >= 0.6 is 15.9 Å². The van der Waals surface area contributed by atoms with Gasteiger partial charge in [-0.15, -0.1) is 0 Å². The Kier molecular flexibility index (Phi) is 5.95. The molecule has 1 N–H and O–H groups in total. The number of nitrogens with zero attached hydrogens (tertiary/aromatic N) is 1. The first-order chi connectivity index (χ1) is 8.34. The Morgan fingerprint density at radius 3 is 2.67 bits per heavy atom. The molecule has 0 spiro atoms. The molecule has 0 saturated heterocycles. The third-order valence-electron chi connectivity index (χ3n) is 2.54. The van der Waals surface area contributed by atoms with Crippen LogP contribution in [0.4, 0.5) is 0 Å². The summed E-state index contributed by atoms with van der Waals surface area (Å²) >= 11 is 3.37. The predicted molar refractivity (Wildman–Crippen MR) is 80.6 cm³/mol. The van der Waals surface area contributed by atoms with Crippen molar-refractivity contribution < 1.29 is 4.21 Å². The predicted octanol–water partition coefficient (Wildman–Crippen LogP) is 3.74. The lowest BCUT2D eigenvalue weighted by Gasteiger charge is -2.24. The Morgan fingerprint density at radius 1 is 1.50 bits per heavy atom. The van der Waals surface area contributed by atoms with E-state index in [-0.39, 0.29) is 10.8 Å². The summed E-state index contributed by atoms with van der Waals surface area (Å²) in [5.74, 6) is 0. The van der Waals surface area contributed by atoms with Gasteiger partial charge in [0.1, 0.15) is 4.60 Å². The van der Waals surface area contributed by atoms with Crippen molar-refractivity contribution >= 4 is 26.9 Å². The molecule has 1 aromatic heterocycles. The fraction of sp³-hybridized carbons (Fsp3) is 0.615. The van der Waals surface area contributed by atoms with E-state index < -0.39 is 11.0 Å². The van der Waals surface area contributed by atoms with Crippen LogP contribution in [0.3, 0.4) is 0 Å². The van der Waals surface area contributed by atoms with Gasteiger partial charge in [0.25, 0.3) is 0 Å². The molecular weight excluding hydrogens is 312 g/mol. The van der Waals surface area contributed by atoms with Crippen molar-refractivity contribution in [2.45, 2.75) is 51.3 Å². The lowest BCUT2D eigenvalue weighted by atomic mass is 10.1. The first kappa shape index (κ1) is 15.8. The highest BCUT2D eigenvalue weighted by molar-refractivity contribution is 9.10. The van der Waals surface area contributed by atoms with Crippen LogP contribution in [0.5, 0.6) is 0 Å². The molecule has 3 nitrogen and oxygen atoms in total. The average Bonchev–Trinajstić information content (AvgIpc) is 2.27. The Hall–Kier alpha value is -0.260. The van der Waals surface area contributed by atoms with Gasteiger partial charge < -0.3 is 0 Å². The molecule has 0 radical (unpaired) electrons. The smallest absolute Gasteiger partial charge is 0.106 e. The second-order valence-corrected chi connectivity index (χ2v) is 8.06. The van der Waals surface area contributed by atoms with Gasteiger partial charge in [-0.1, -0.05) is 13.3 Å². The zero-order chi connectivity index (χ0) is 13.8. The number of hydrogen-bond donors (Lipinski definition) is 1. The van der Waals surface area contributed by atoms with Crippen molar-refractivity contribution in [1.29, 1.82) is 0 Å². The topological polar surface area (TPSA) is 42.0 Å². The molecule has 5 heteroatoms. The van der Waals surface area contributed by atoms with Crippen molar-refractivity contribution in [1.82, 2.24) is 9.71 Å². The minimum absolute atomic E-state index is 0.106. The molecule has 0 aromatic carbocycles. The summed E-state index contributed by atoms with van der Waals surface area (Å²) in [6.07, 6.45) is 3.76. The van der Waals surface area contributed by atoms with Crippen molar-refractivity contribution in [2.24, 2.45) is 0 Å². The molecule has 2 atom stereocenters. The van der Waals surface area contributed by atoms with Crippen LogP contribution in [0.1, 0.15) is 52.1 Å². The van der Waals surface area contributed by atoms with E-state index >= 15 is 0 Å². The van der Waals surface area contributed by atoms with E-state index in [1.54, 1.807) is 6.20 Å². The molecule has 0 amide bonds. The second kappa shape index (κ2) is 6.78. The van der Waals surface area contributed by atoms with E-state index in [0.29, 0.717) is 0 Å². The molecular formula is C13H21BrN2OS. The summed E-state index contributed by atoms with van der Waals surface area (Å²) in [7, 11) is -1.06. The summed E-state index contributed by atoms with van der Waals surface area (Å²) in [4.78, 5) is 4.12. The number of nitrogens with one attached hydrogen (secondary N) is 1. The highest BCUT2D eigenvalue weighted by Gasteiger charge is 2.23. The minimum atomic E-state index is -1.06. The van der Waals surface area contributed by atoms with E-state index in [2.05, 4.69) is 32.6 Å². The maximum absolute atomic E-state index is 12.2. The Labute approximate surface area is 120 Å². The summed E-state index contributed by atoms with van der Waals surface area (Å²) < 4.78 is 16.0. The molecule has 0 aliphatic rings. The van der Waals surface area contributed by atoms with Crippen LogP contribution in [0, 0.1) is 0 Å². The fourth-order valence-corrected chi connectivity index (χ4v) is 2.77. The highest BCUT2D eigenvalue weighted by Crippen LogP contribution is 2.23. The quantitative estimate of drug-likeness (QED) is 0.834. The molecule has 0 fully saturated rings. The number of halogens is 1. The van der Waals surface area contributed by atoms with Crippen LogP contribution in [-0.4, -0.2) is 13.9 Å². The molecule has 0 bridgehead atoms. The van der Waals surface area contributed by atoms with Crippen molar-refractivity contribution in [3.63, 3.8) is 0 Å². The SMILES string of the molecule is CCC[C@H](N[S@](=O)C(C)(C)C)c1ccnc(Br)c1. The molecule has 0 aliphatic carbocycles. The third-order valence-corrected chi connectivity index (χ3v) is 4.58. The van der Waals surface area contributed by atoms with E-state index in [1.165, 1.54) is 0 Å². The van der Waals surface area contributed by atoms with E-state index in [1.807, 2.05) is 32.9 Å². The van der Waals surface area contributed by atoms with Crippen LogP contribution in [-0.2, 0) is 11.0 Å². The van der Waals surface area contributed by atoms with Crippen LogP contribution in [0.2, 0.25) is 0 Å². The van der Waals surface area contributed by atoms with Crippen molar-refractivity contribution in [3.8, 4) is 0 Å². The highest BCUT2D eigenvalue weighted by atomic mass is 79.9. The van der Waals surface area contributed by atoms with Gasteiger partial charge in [-0.3, -0.25) is 0 Å². The van der Waals surface area contributed by atoms with Crippen LogP contribution < -0.4 is 4.72 Å². The molecule has 1 heterocycles. The first-order valence-corrected chi connectivity index (χ1v) is 8.08. The van der Waals surface area contributed by atoms with Gasteiger partial charge in [0.15, 0.2) is 0 Å². The monoisotopic (exact) mass is 332 g/mol. The van der Waals surface area contributed by atoms with E-state index in [0.717, 1.165) is 23.0 Å². The third kappa shape index (κ3) is 4.78. The standard InChI is InChI=1S/C13H21BrN2OS/c1-5-6-11(16-18(17)13(2,3)4)10-7-8-15-12(14)9-10/h7-9,11,16H,5-6H2,1-4H3/t11-,18+/m0/s1. The van der Waals surface area contributed by atoms with Gasteiger partial charge in [0.2, 0.25) is 0 Å². The Morgan fingerprint density at radius 2 is 2.17 bits per heavy atom.